The monoisotopic (exact) mass is 345 g/mol. The Morgan fingerprint density at radius 2 is 1.76 bits per heavy atom. The van der Waals surface area contributed by atoms with Gasteiger partial charge >= 0.3 is 0 Å². The summed E-state index contributed by atoms with van der Waals surface area (Å²) in [4.78, 5) is 17.2. The Labute approximate surface area is 151 Å². The summed E-state index contributed by atoms with van der Waals surface area (Å²) in [5.41, 5.74) is 1.13. The van der Waals surface area contributed by atoms with Crippen LogP contribution in [0.25, 0.3) is 0 Å². The van der Waals surface area contributed by atoms with Crippen molar-refractivity contribution in [3.05, 3.63) is 24.3 Å². The first kappa shape index (κ1) is 18.1. The predicted octanol–water partition coefficient (Wildman–Crippen LogP) is 2.60. The number of nitrogens with one attached hydrogen (secondary N) is 1. The summed E-state index contributed by atoms with van der Waals surface area (Å²) in [5, 5.41) is 12.7. The number of nitrogens with zero attached hydrogens (tertiary/aromatic N) is 2. The summed E-state index contributed by atoms with van der Waals surface area (Å²) in [6, 6.07) is 7.63. The molecule has 1 aliphatic carbocycles. The number of benzene rings is 1. The molecular formula is C20H31N3O2. The molecular weight excluding hydrogens is 314 g/mol. The Kier molecular flexibility index (Phi) is 5.84. The average Bonchev–Trinajstić information content (AvgIpc) is 2.64. The van der Waals surface area contributed by atoms with Crippen molar-refractivity contribution in [2.24, 2.45) is 5.92 Å². The highest BCUT2D eigenvalue weighted by Crippen LogP contribution is 2.24. The van der Waals surface area contributed by atoms with E-state index in [1.165, 1.54) is 19.3 Å². The predicted molar refractivity (Wildman–Crippen MR) is 101 cm³/mol. The van der Waals surface area contributed by atoms with E-state index in [-0.39, 0.29) is 11.9 Å². The van der Waals surface area contributed by atoms with Gasteiger partial charge in [-0.1, -0.05) is 19.8 Å². The molecule has 0 spiro atoms. The lowest BCUT2D eigenvalue weighted by Gasteiger charge is -2.39. The van der Waals surface area contributed by atoms with Crippen LogP contribution < -0.4 is 10.2 Å². The van der Waals surface area contributed by atoms with Crippen LogP contribution in [0.5, 0.6) is 5.75 Å². The first-order valence-electron chi connectivity index (χ1n) is 9.63. The lowest BCUT2D eigenvalue weighted by Crippen LogP contribution is -2.55. The zero-order valence-electron chi connectivity index (χ0n) is 15.4. The number of carbonyl (C=O) groups excluding carboxylic acids is 1. The molecule has 1 aromatic rings. The Balaban J connectivity index is 1.49. The van der Waals surface area contributed by atoms with Gasteiger partial charge in [-0.3, -0.25) is 9.69 Å². The number of anilines is 1. The van der Waals surface area contributed by atoms with E-state index in [9.17, 15) is 9.90 Å². The molecule has 1 saturated carbocycles. The fourth-order valence-corrected chi connectivity index (χ4v) is 4.03. The SMILES string of the molecule is C[C@H](C(=O)N[C@@H]1CCCC[C@@H]1C)N1CCN(c2ccc(O)cc2)CC1. The fourth-order valence-electron chi connectivity index (χ4n) is 4.03. The minimum absolute atomic E-state index is 0.0731. The molecule has 1 saturated heterocycles. The van der Waals surface area contributed by atoms with Crippen LogP contribution in [0, 0.1) is 5.92 Å². The largest absolute Gasteiger partial charge is 0.508 e. The molecule has 2 fully saturated rings. The zero-order valence-corrected chi connectivity index (χ0v) is 15.4. The van der Waals surface area contributed by atoms with Gasteiger partial charge in [0.05, 0.1) is 6.04 Å². The molecule has 0 bridgehead atoms. The van der Waals surface area contributed by atoms with Gasteiger partial charge in [-0.05, 0) is 49.9 Å². The smallest absolute Gasteiger partial charge is 0.237 e. The number of amides is 1. The van der Waals surface area contributed by atoms with Crippen LogP contribution in [-0.4, -0.2) is 54.2 Å². The molecule has 0 unspecified atom stereocenters. The first-order chi connectivity index (χ1) is 12.0. The number of phenols is 1. The Morgan fingerprint density at radius 1 is 1.12 bits per heavy atom. The topological polar surface area (TPSA) is 55.8 Å². The second-order valence-electron chi connectivity index (χ2n) is 7.59. The van der Waals surface area contributed by atoms with Crippen molar-refractivity contribution in [3.63, 3.8) is 0 Å². The van der Waals surface area contributed by atoms with Gasteiger partial charge in [0.15, 0.2) is 0 Å². The quantitative estimate of drug-likeness (QED) is 0.881. The summed E-state index contributed by atoms with van der Waals surface area (Å²) in [6.45, 7) is 7.86. The maximum atomic E-state index is 12.7. The van der Waals surface area contributed by atoms with Gasteiger partial charge in [-0.15, -0.1) is 0 Å². The number of hydrogen-bond donors (Lipinski definition) is 2. The number of phenolic OH excluding ortho intramolecular Hbond substituents is 1. The third kappa shape index (κ3) is 4.46. The van der Waals surface area contributed by atoms with E-state index in [2.05, 4.69) is 22.0 Å². The Morgan fingerprint density at radius 3 is 2.40 bits per heavy atom. The van der Waals surface area contributed by atoms with Gasteiger partial charge in [0.1, 0.15) is 5.75 Å². The summed E-state index contributed by atoms with van der Waals surface area (Å²) in [5.74, 6) is 1.07. The van der Waals surface area contributed by atoms with Crippen molar-refractivity contribution in [3.8, 4) is 5.75 Å². The third-order valence-electron chi connectivity index (χ3n) is 5.90. The van der Waals surface area contributed by atoms with Crippen LogP contribution in [0.3, 0.4) is 0 Å². The highest BCUT2D eigenvalue weighted by molar-refractivity contribution is 5.81. The summed E-state index contributed by atoms with van der Waals surface area (Å²) in [7, 11) is 0. The van der Waals surface area contributed by atoms with Crippen molar-refractivity contribution in [1.29, 1.82) is 0 Å². The highest BCUT2D eigenvalue weighted by atomic mass is 16.3. The van der Waals surface area contributed by atoms with Crippen LogP contribution in [-0.2, 0) is 4.79 Å². The minimum atomic E-state index is -0.0731. The third-order valence-corrected chi connectivity index (χ3v) is 5.90. The normalized spacial score (nSPS) is 26.2. The number of aromatic hydroxyl groups is 1. The van der Waals surface area contributed by atoms with Crippen molar-refractivity contribution in [2.45, 2.75) is 51.6 Å². The van der Waals surface area contributed by atoms with Crippen LogP contribution in [0.4, 0.5) is 5.69 Å². The molecule has 2 N–H and O–H groups in total. The molecule has 3 atom stereocenters. The van der Waals surface area contributed by atoms with Gasteiger partial charge in [-0.25, -0.2) is 0 Å². The summed E-state index contributed by atoms with van der Waals surface area (Å²) in [6.07, 6.45) is 4.87. The first-order valence-corrected chi connectivity index (χ1v) is 9.63. The Bertz CT molecular complexity index is 567. The molecule has 0 aromatic heterocycles. The fraction of sp³-hybridized carbons (Fsp3) is 0.650. The van der Waals surface area contributed by atoms with Gasteiger partial charge in [0.2, 0.25) is 5.91 Å². The van der Waals surface area contributed by atoms with E-state index in [4.69, 9.17) is 0 Å². The number of piperazine rings is 1. The molecule has 1 heterocycles. The molecule has 138 valence electrons. The Hall–Kier alpha value is -1.75. The highest BCUT2D eigenvalue weighted by Gasteiger charge is 2.29. The summed E-state index contributed by atoms with van der Waals surface area (Å²) >= 11 is 0. The van der Waals surface area contributed by atoms with E-state index in [1.54, 1.807) is 12.1 Å². The van der Waals surface area contributed by atoms with Crippen molar-refractivity contribution < 1.29 is 9.90 Å². The lowest BCUT2D eigenvalue weighted by molar-refractivity contribution is -0.127. The molecule has 5 nitrogen and oxygen atoms in total. The van der Waals surface area contributed by atoms with Crippen LogP contribution in [0.15, 0.2) is 24.3 Å². The van der Waals surface area contributed by atoms with Crippen molar-refractivity contribution in [1.82, 2.24) is 10.2 Å². The molecule has 2 aliphatic rings. The standard InChI is InChI=1S/C20H31N3O2/c1-15-5-3-4-6-19(15)21-20(25)16(2)22-11-13-23(14-12-22)17-7-9-18(24)10-8-17/h7-10,15-16,19,24H,3-6,11-14H2,1-2H3,(H,21,25)/t15-,16+,19+/m0/s1. The van der Waals surface area contributed by atoms with E-state index >= 15 is 0 Å². The average molecular weight is 345 g/mol. The molecule has 1 aromatic carbocycles. The molecule has 1 amide bonds. The molecule has 3 rings (SSSR count). The van der Waals surface area contributed by atoms with E-state index < -0.39 is 0 Å². The molecule has 0 radical (unpaired) electrons. The second kappa shape index (κ2) is 8.09. The molecule has 5 heteroatoms. The van der Waals surface area contributed by atoms with Gasteiger partial charge in [0.25, 0.3) is 0 Å². The van der Waals surface area contributed by atoms with Crippen molar-refractivity contribution in [2.75, 3.05) is 31.1 Å². The lowest BCUT2D eigenvalue weighted by atomic mass is 9.86. The van der Waals surface area contributed by atoms with E-state index in [0.29, 0.717) is 17.7 Å². The molecule has 25 heavy (non-hydrogen) atoms. The van der Waals surface area contributed by atoms with Crippen molar-refractivity contribution >= 4 is 11.6 Å². The van der Waals surface area contributed by atoms with Crippen LogP contribution >= 0.6 is 0 Å². The maximum absolute atomic E-state index is 12.7. The number of rotatable bonds is 4. The van der Waals surface area contributed by atoms with Gasteiger partial charge in [0, 0.05) is 37.9 Å². The number of hydrogen-bond acceptors (Lipinski definition) is 4. The summed E-state index contributed by atoms with van der Waals surface area (Å²) < 4.78 is 0. The second-order valence-corrected chi connectivity index (χ2v) is 7.59. The van der Waals surface area contributed by atoms with Crippen LogP contribution in [0.2, 0.25) is 0 Å². The van der Waals surface area contributed by atoms with E-state index in [1.807, 2.05) is 19.1 Å². The van der Waals surface area contributed by atoms with E-state index in [0.717, 1.165) is 38.3 Å². The number of carbonyl (C=O) groups is 1. The minimum Gasteiger partial charge on any atom is -0.508 e. The zero-order chi connectivity index (χ0) is 17.8. The van der Waals surface area contributed by atoms with Gasteiger partial charge < -0.3 is 15.3 Å². The maximum Gasteiger partial charge on any atom is 0.237 e. The molecule has 1 aliphatic heterocycles. The van der Waals surface area contributed by atoms with Crippen LogP contribution in [0.1, 0.15) is 39.5 Å². The van der Waals surface area contributed by atoms with Gasteiger partial charge in [-0.2, -0.15) is 0 Å².